The zero-order chi connectivity index (χ0) is 23.4. The second-order valence-corrected chi connectivity index (χ2v) is 6.96. The number of methoxy groups -OCH3 is 3. The van der Waals surface area contributed by atoms with Crippen molar-refractivity contribution in [1.29, 1.82) is 0 Å². The molecule has 0 bridgehead atoms. The minimum atomic E-state index is -5.11. The third-order valence-electron chi connectivity index (χ3n) is 3.42. The van der Waals surface area contributed by atoms with Crippen molar-refractivity contribution in [2.24, 2.45) is 0 Å². The molecule has 0 atom stereocenters. The van der Waals surface area contributed by atoms with Gasteiger partial charge in [0, 0.05) is 6.20 Å². The van der Waals surface area contributed by atoms with Gasteiger partial charge in [-0.3, -0.25) is 5.32 Å². The van der Waals surface area contributed by atoms with Crippen LogP contribution in [0.2, 0.25) is 0 Å². The Kier molecular flexibility index (Phi) is 9.19. The normalized spacial score (nSPS) is 11.1. The Morgan fingerprint density at radius 1 is 1.06 bits per heavy atom. The number of ether oxygens (including phenoxy) is 3. The van der Waals surface area contributed by atoms with Crippen LogP contribution in [-0.2, 0) is 20.9 Å². The number of amides is 2. The molecule has 2 heterocycles. The number of pyridine rings is 1. The summed E-state index contributed by atoms with van der Waals surface area (Å²) < 4.78 is 80.1. The SMILES string of the molecule is COC(=O)c1c(C(F)(F)F)ccnc1S(=O)(=O)NC(=O)Nc1nc(OC)cc(OC)n1.[NaH]. The van der Waals surface area contributed by atoms with Gasteiger partial charge in [0.15, 0.2) is 5.03 Å². The van der Waals surface area contributed by atoms with E-state index in [9.17, 15) is 31.2 Å². The van der Waals surface area contributed by atoms with Gasteiger partial charge in [0.1, 0.15) is 5.56 Å². The van der Waals surface area contributed by atoms with Crippen molar-refractivity contribution < 1.29 is 45.4 Å². The first-order valence-electron chi connectivity index (χ1n) is 7.88. The molecule has 170 valence electrons. The van der Waals surface area contributed by atoms with Crippen LogP contribution in [0.4, 0.5) is 23.9 Å². The molecule has 0 aliphatic rings. The van der Waals surface area contributed by atoms with Crippen LogP contribution in [-0.4, -0.2) is 86.3 Å². The third kappa shape index (κ3) is 6.41. The van der Waals surface area contributed by atoms with Crippen LogP contribution in [0.5, 0.6) is 11.8 Å². The molecule has 0 saturated carbocycles. The van der Waals surface area contributed by atoms with Gasteiger partial charge in [0.2, 0.25) is 17.7 Å². The number of urea groups is 1. The zero-order valence-electron chi connectivity index (χ0n) is 16.0. The van der Waals surface area contributed by atoms with Gasteiger partial charge in [-0.2, -0.15) is 31.6 Å². The number of nitrogens with one attached hydrogen (secondary N) is 2. The van der Waals surface area contributed by atoms with E-state index in [0.717, 1.165) is 7.11 Å². The van der Waals surface area contributed by atoms with Gasteiger partial charge in [-0.1, -0.05) is 0 Å². The maximum absolute atomic E-state index is 13.2. The molecule has 0 spiro atoms. The summed E-state index contributed by atoms with van der Waals surface area (Å²) in [6.07, 6.45) is -4.60. The van der Waals surface area contributed by atoms with Crippen molar-refractivity contribution in [2.45, 2.75) is 11.2 Å². The van der Waals surface area contributed by atoms with Gasteiger partial charge < -0.3 is 14.2 Å². The molecule has 0 aliphatic carbocycles. The fourth-order valence-electron chi connectivity index (χ4n) is 2.15. The van der Waals surface area contributed by atoms with E-state index < -0.39 is 50.3 Å². The molecule has 32 heavy (non-hydrogen) atoms. The first-order chi connectivity index (χ1) is 14.4. The molecule has 12 nitrogen and oxygen atoms in total. The van der Waals surface area contributed by atoms with E-state index in [0.29, 0.717) is 12.3 Å². The molecule has 2 aromatic heterocycles. The summed E-state index contributed by atoms with van der Waals surface area (Å²) in [5.74, 6) is -2.16. The van der Waals surface area contributed by atoms with Crippen molar-refractivity contribution in [2.75, 3.05) is 26.6 Å². The van der Waals surface area contributed by atoms with Gasteiger partial charge in [0.25, 0.3) is 10.0 Å². The van der Waals surface area contributed by atoms with Gasteiger partial charge in [-0.05, 0) is 6.07 Å². The third-order valence-corrected chi connectivity index (χ3v) is 4.69. The summed E-state index contributed by atoms with van der Waals surface area (Å²) >= 11 is 0. The summed E-state index contributed by atoms with van der Waals surface area (Å²) in [6.45, 7) is 0. The molecular weight excluding hydrogens is 474 g/mol. The summed E-state index contributed by atoms with van der Waals surface area (Å²) in [4.78, 5) is 34.7. The maximum atomic E-state index is 13.2. The number of hydrogen-bond donors (Lipinski definition) is 2. The summed E-state index contributed by atoms with van der Waals surface area (Å²) in [6, 6.07) is 0.182. The Morgan fingerprint density at radius 3 is 2.09 bits per heavy atom. The molecule has 2 aromatic rings. The fourth-order valence-corrected chi connectivity index (χ4v) is 3.20. The summed E-state index contributed by atoms with van der Waals surface area (Å²) in [5, 5.41) is 0.580. The average Bonchev–Trinajstić information content (AvgIpc) is 2.70. The molecule has 17 heteroatoms. The first-order valence-corrected chi connectivity index (χ1v) is 9.36. The predicted octanol–water partition coefficient (Wildman–Crippen LogP) is 0.556. The number of alkyl halides is 3. The van der Waals surface area contributed by atoms with Crippen LogP contribution in [0.25, 0.3) is 0 Å². The van der Waals surface area contributed by atoms with Gasteiger partial charge >= 0.3 is 47.7 Å². The summed E-state index contributed by atoms with van der Waals surface area (Å²) in [5.41, 5.74) is -3.01. The Bertz CT molecular complexity index is 1090. The number of halogens is 3. The molecule has 0 saturated heterocycles. The van der Waals surface area contributed by atoms with Crippen LogP contribution in [0.1, 0.15) is 15.9 Å². The van der Waals surface area contributed by atoms with Crippen molar-refractivity contribution >= 4 is 57.5 Å². The number of nitrogens with zero attached hydrogens (tertiary/aromatic N) is 3. The molecular formula is C15H15F3N5NaO7S. The van der Waals surface area contributed by atoms with Crippen molar-refractivity contribution in [1.82, 2.24) is 19.7 Å². The van der Waals surface area contributed by atoms with E-state index in [2.05, 4.69) is 19.7 Å². The number of esters is 1. The second-order valence-electron chi connectivity index (χ2n) is 5.36. The molecule has 2 rings (SSSR count). The first kappa shape index (κ1) is 27.3. The van der Waals surface area contributed by atoms with Gasteiger partial charge in [-0.15, -0.1) is 0 Å². The van der Waals surface area contributed by atoms with Crippen molar-refractivity contribution in [3.63, 3.8) is 0 Å². The number of aromatic nitrogens is 3. The second kappa shape index (κ2) is 10.8. The summed E-state index contributed by atoms with van der Waals surface area (Å²) in [7, 11) is -1.81. The fraction of sp³-hybridized carbons (Fsp3) is 0.267. The average molecular weight is 489 g/mol. The van der Waals surface area contributed by atoms with E-state index in [1.54, 1.807) is 0 Å². The quantitative estimate of drug-likeness (QED) is 0.434. The molecule has 0 aliphatic heterocycles. The van der Waals surface area contributed by atoms with Crippen LogP contribution in [0.3, 0.4) is 0 Å². The molecule has 0 radical (unpaired) electrons. The molecule has 0 fully saturated rings. The topological polar surface area (TPSA) is 159 Å². The molecule has 2 N–H and O–H groups in total. The van der Waals surface area contributed by atoms with Gasteiger partial charge in [0.05, 0.1) is 33.0 Å². The standard InChI is InChI=1S/C15H14F3N5O7S.Na.H/c1-28-8-6-9(29-2)21-13(20-8)22-14(25)23-31(26,27)11-10(12(24)30-3)7(4-5-19-11)15(16,17)18;;/h4-6H,1-3H3,(H2,20,21,22,23,25);;. The van der Waals surface area contributed by atoms with E-state index in [-0.39, 0.29) is 41.3 Å². The van der Waals surface area contributed by atoms with Crippen LogP contribution in [0, 0.1) is 0 Å². The number of carbonyl (C=O) groups excluding carboxylic acids is 2. The molecule has 2 amide bonds. The van der Waals surface area contributed by atoms with Crippen LogP contribution < -0.4 is 19.5 Å². The number of anilines is 1. The van der Waals surface area contributed by atoms with E-state index in [1.165, 1.54) is 25.0 Å². The Hall–Kier alpha value is -2.69. The van der Waals surface area contributed by atoms with E-state index in [1.807, 2.05) is 5.32 Å². The monoisotopic (exact) mass is 489 g/mol. The Balaban J connectivity index is 0.00000512. The van der Waals surface area contributed by atoms with E-state index in [4.69, 9.17) is 9.47 Å². The number of carbonyl (C=O) groups is 2. The Labute approximate surface area is 201 Å². The predicted molar refractivity (Wildman–Crippen MR) is 102 cm³/mol. The molecule has 0 unspecified atom stereocenters. The van der Waals surface area contributed by atoms with Crippen LogP contribution >= 0.6 is 0 Å². The van der Waals surface area contributed by atoms with E-state index >= 15 is 0 Å². The van der Waals surface area contributed by atoms with Crippen LogP contribution in [0.15, 0.2) is 23.4 Å². The Morgan fingerprint density at radius 2 is 1.62 bits per heavy atom. The number of sulfonamides is 1. The van der Waals surface area contributed by atoms with Crippen molar-refractivity contribution in [3.8, 4) is 11.8 Å². The molecule has 0 aromatic carbocycles. The van der Waals surface area contributed by atoms with Crippen molar-refractivity contribution in [3.05, 3.63) is 29.5 Å². The number of rotatable bonds is 6. The van der Waals surface area contributed by atoms with Gasteiger partial charge in [-0.25, -0.2) is 19.3 Å². The zero-order valence-corrected chi connectivity index (χ0v) is 16.8. The minimum absolute atomic E-state index is 0. The number of hydrogen-bond acceptors (Lipinski definition) is 10.